The Morgan fingerprint density at radius 3 is 2.89 bits per heavy atom. The summed E-state index contributed by atoms with van der Waals surface area (Å²) in [7, 11) is 0. The third-order valence-corrected chi connectivity index (χ3v) is 2.69. The van der Waals surface area contributed by atoms with E-state index in [1.165, 1.54) is 16.8 Å². The maximum atomic E-state index is 11.3. The fourth-order valence-electron chi connectivity index (χ4n) is 1.83. The van der Waals surface area contributed by atoms with Crippen LogP contribution in [0.2, 0.25) is 0 Å². The number of hydrogen-bond acceptors (Lipinski definition) is 4. The minimum atomic E-state index is -0.918. The lowest BCUT2D eigenvalue weighted by Gasteiger charge is -2.13. The topological polar surface area (TPSA) is 100 Å². The number of nitrogens with zero attached hydrogens (tertiary/aromatic N) is 3. The maximum Gasteiger partial charge on any atom is 0.348 e. The summed E-state index contributed by atoms with van der Waals surface area (Å²) in [6.07, 6.45) is 1.79. The van der Waals surface area contributed by atoms with Gasteiger partial charge in [0.1, 0.15) is 6.33 Å². The maximum absolute atomic E-state index is 11.3. The van der Waals surface area contributed by atoms with Crippen LogP contribution in [0.4, 0.5) is 0 Å². The number of nitrogens with one attached hydrogen (secondary N) is 1. The van der Waals surface area contributed by atoms with Crippen LogP contribution in [0.1, 0.15) is 31.9 Å². The molecule has 96 valence electrons. The molecule has 0 radical (unpaired) electrons. The normalized spacial score (nSPS) is 13.1. The minimum absolute atomic E-state index is 0.241. The molecule has 2 aromatic heterocycles. The van der Waals surface area contributed by atoms with Crippen molar-refractivity contribution in [2.45, 2.75) is 26.2 Å². The molecule has 0 aliphatic heterocycles. The highest BCUT2D eigenvalue weighted by Gasteiger charge is 2.23. The summed E-state index contributed by atoms with van der Waals surface area (Å²) in [5, 5.41) is 15.3. The Bertz CT molecular complexity index is 628. The van der Waals surface area contributed by atoms with Crippen molar-refractivity contribution in [1.29, 1.82) is 0 Å². The van der Waals surface area contributed by atoms with Gasteiger partial charge in [0, 0.05) is 6.07 Å². The van der Waals surface area contributed by atoms with Gasteiger partial charge in [-0.15, -0.1) is 0 Å². The lowest BCUT2D eigenvalue weighted by atomic mass is 9.94. The van der Waals surface area contributed by atoms with E-state index in [1.54, 1.807) is 0 Å². The van der Waals surface area contributed by atoms with E-state index in [4.69, 9.17) is 0 Å². The number of fused-ring (bicyclic) bond motifs is 1. The first-order valence-corrected chi connectivity index (χ1v) is 5.64. The second-order valence-corrected chi connectivity index (χ2v) is 4.59. The molecule has 2 aromatic rings. The number of rotatable bonds is 4. The van der Waals surface area contributed by atoms with Crippen molar-refractivity contribution < 1.29 is 9.90 Å². The molecule has 7 nitrogen and oxygen atoms in total. The number of H-pyrrole nitrogens is 1. The Labute approximate surface area is 102 Å². The summed E-state index contributed by atoms with van der Waals surface area (Å²) in [6.45, 7) is 3.90. The highest BCUT2D eigenvalue weighted by molar-refractivity contribution is 5.75. The summed E-state index contributed by atoms with van der Waals surface area (Å²) in [6, 6.07) is 1.53. The highest BCUT2D eigenvalue weighted by atomic mass is 16.4. The Kier molecular flexibility index (Phi) is 3.14. The van der Waals surface area contributed by atoms with Gasteiger partial charge in [-0.25, -0.2) is 19.3 Å². The molecule has 0 saturated heterocycles. The second kappa shape index (κ2) is 4.59. The van der Waals surface area contributed by atoms with Crippen LogP contribution < -0.4 is 5.69 Å². The van der Waals surface area contributed by atoms with Crippen LogP contribution in [0.3, 0.4) is 0 Å². The van der Waals surface area contributed by atoms with Crippen LogP contribution in [0, 0.1) is 5.92 Å². The first kappa shape index (κ1) is 12.3. The Morgan fingerprint density at radius 1 is 1.56 bits per heavy atom. The van der Waals surface area contributed by atoms with Gasteiger partial charge in [-0.3, -0.25) is 4.79 Å². The van der Waals surface area contributed by atoms with Gasteiger partial charge in [0.05, 0.1) is 11.6 Å². The molecule has 0 bridgehead atoms. The summed E-state index contributed by atoms with van der Waals surface area (Å²) in [5.74, 6) is -1.36. The van der Waals surface area contributed by atoms with E-state index < -0.39 is 11.9 Å². The SMILES string of the molecule is CC(C)CC(C(=O)O)c1cc2n[nH]c(=O)n2cn1. The van der Waals surface area contributed by atoms with Crippen molar-refractivity contribution in [2.75, 3.05) is 0 Å². The molecule has 0 aliphatic rings. The van der Waals surface area contributed by atoms with Crippen LogP contribution in [-0.4, -0.2) is 30.7 Å². The minimum Gasteiger partial charge on any atom is -0.481 e. The van der Waals surface area contributed by atoms with E-state index in [2.05, 4.69) is 15.2 Å². The number of aromatic amines is 1. The lowest BCUT2D eigenvalue weighted by molar-refractivity contribution is -0.139. The molecule has 1 unspecified atom stereocenters. The van der Waals surface area contributed by atoms with Crippen LogP contribution in [0.15, 0.2) is 17.2 Å². The van der Waals surface area contributed by atoms with E-state index in [9.17, 15) is 14.7 Å². The smallest absolute Gasteiger partial charge is 0.348 e. The van der Waals surface area contributed by atoms with E-state index >= 15 is 0 Å². The average Bonchev–Trinajstić information content (AvgIpc) is 2.67. The van der Waals surface area contributed by atoms with Gasteiger partial charge in [0.25, 0.3) is 0 Å². The molecule has 0 aromatic carbocycles. The standard InChI is InChI=1S/C11H14N4O3/c1-6(2)3-7(10(16)17)8-4-9-13-14-11(18)15(9)5-12-8/h4-7H,3H2,1-2H3,(H,14,18)(H,16,17). The predicted octanol–water partition coefficient (Wildman–Crippen LogP) is 0.632. The number of carbonyl (C=O) groups is 1. The van der Waals surface area contributed by atoms with Crippen molar-refractivity contribution in [3.63, 3.8) is 0 Å². The largest absolute Gasteiger partial charge is 0.481 e. The van der Waals surface area contributed by atoms with E-state index in [0.29, 0.717) is 17.8 Å². The van der Waals surface area contributed by atoms with Gasteiger partial charge in [-0.05, 0) is 12.3 Å². The molecule has 2 heterocycles. The molecule has 2 rings (SSSR count). The monoisotopic (exact) mass is 250 g/mol. The van der Waals surface area contributed by atoms with Crippen LogP contribution in [0.5, 0.6) is 0 Å². The number of aromatic nitrogens is 4. The van der Waals surface area contributed by atoms with Crippen molar-refractivity contribution in [1.82, 2.24) is 19.6 Å². The second-order valence-electron chi connectivity index (χ2n) is 4.59. The Morgan fingerprint density at radius 2 is 2.28 bits per heavy atom. The number of carboxylic acid groups (broad SMARTS) is 1. The van der Waals surface area contributed by atoms with E-state index in [1.807, 2.05) is 13.8 Å². The zero-order chi connectivity index (χ0) is 13.3. The Balaban J connectivity index is 2.44. The summed E-state index contributed by atoms with van der Waals surface area (Å²) >= 11 is 0. The fourth-order valence-corrected chi connectivity index (χ4v) is 1.83. The van der Waals surface area contributed by atoms with Gasteiger partial charge in [0.2, 0.25) is 0 Å². The zero-order valence-corrected chi connectivity index (χ0v) is 10.1. The molecule has 0 fully saturated rings. The first-order valence-electron chi connectivity index (χ1n) is 5.64. The quantitative estimate of drug-likeness (QED) is 0.829. The fraction of sp³-hybridized carbons (Fsp3) is 0.455. The van der Waals surface area contributed by atoms with Crippen molar-refractivity contribution in [3.8, 4) is 0 Å². The van der Waals surface area contributed by atoms with Gasteiger partial charge >= 0.3 is 11.7 Å². The molecule has 1 atom stereocenters. The lowest BCUT2D eigenvalue weighted by Crippen LogP contribution is -2.17. The Hall–Kier alpha value is -2.18. The van der Waals surface area contributed by atoms with Crippen LogP contribution in [-0.2, 0) is 4.79 Å². The van der Waals surface area contributed by atoms with Gasteiger partial charge < -0.3 is 5.11 Å². The molecule has 0 amide bonds. The average molecular weight is 250 g/mol. The van der Waals surface area contributed by atoms with Crippen LogP contribution in [0.25, 0.3) is 5.65 Å². The van der Waals surface area contributed by atoms with Crippen molar-refractivity contribution >= 4 is 11.6 Å². The van der Waals surface area contributed by atoms with E-state index in [-0.39, 0.29) is 11.6 Å². The molecular formula is C11H14N4O3. The van der Waals surface area contributed by atoms with Gasteiger partial charge in [0.15, 0.2) is 5.65 Å². The third kappa shape index (κ3) is 2.24. The molecule has 0 saturated carbocycles. The van der Waals surface area contributed by atoms with Crippen LogP contribution >= 0.6 is 0 Å². The highest BCUT2D eigenvalue weighted by Crippen LogP contribution is 2.22. The summed E-state index contributed by atoms with van der Waals surface area (Å²) < 4.78 is 1.23. The number of carboxylic acids is 1. The summed E-state index contributed by atoms with van der Waals surface area (Å²) in [5.41, 5.74) is 0.405. The van der Waals surface area contributed by atoms with Gasteiger partial charge in [-0.1, -0.05) is 13.8 Å². The molecular weight excluding hydrogens is 236 g/mol. The first-order chi connectivity index (χ1) is 8.49. The molecule has 18 heavy (non-hydrogen) atoms. The van der Waals surface area contributed by atoms with E-state index in [0.717, 1.165) is 0 Å². The molecule has 7 heteroatoms. The van der Waals surface area contributed by atoms with Crippen molar-refractivity contribution in [2.24, 2.45) is 5.92 Å². The molecule has 2 N–H and O–H groups in total. The zero-order valence-electron chi connectivity index (χ0n) is 10.1. The summed E-state index contributed by atoms with van der Waals surface area (Å²) in [4.78, 5) is 26.5. The number of aliphatic carboxylic acids is 1. The van der Waals surface area contributed by atoms with Gasteiger partial charge in [-0.2, -0.15) is 5.10 Å². The number of hydrogen-bond donors (Lipinski definition) is 2. The van der Waals surface area contributed by atoms with Crippen molar-refractivity contribution in [3.05, 3.63) is 28.6 Å². The third-order valence-electron chi connectivity index (χ3n) is 2.69. The molecule has 0 aliphatic carbocycles. The predicted molar refractivity (Wildman–Crippen MR) is 63.4 cm³/mol. The molecule has 0 spiro atoms.